The van der Waals surface area contributed by atoms with Crippen molar-refractivity contribution in [3.63, 3.8) is 0 Å². The van der Waals surface area contributed by atoms with E-state index in [2.05, 4.69) is 4.74 Å². The van der Waals surface area contributed by atoms with Crippen molar-refractivity contribution < 1.29 is 24.2 Å². The first-order chi connectivity index (χ1) is 8.24. The van der Waals surface area contributed by atoms with Gasteiger partial charge >= 0.3 is 5.97 Å². The van der Waals surface area contributed by atoms with Crippen LogP contribution in [0, 0.1) is 0 Å². The molecule has 0 saturated carbocycles. The molecule has 1 aromatic rings. The molecule has 0 heterocycles. The summed E-state index contributed by atoms with van der Waals surface area (Å²) in [4.78, 5) is 20.4. The van der Waals surface area contributed by atoms with Gasteiger partial charge in [0, 0.05) is 0 Å². The maximum Gasteiger partial charge on any atom is 0.335 e. The van der Waals surface area contributed by atoms with Crippen molar-refractivity contribution in [2.75, 3.05) is 13.2 Å². The summed E-state index contributed by atoms with van der Waals surface area (Å²) in [5.74, 6) is -0.325. The number of benzene rings is 1. The summed E-state index contributed by atoms with van der Waals surface area (Å²) in [7, 11) is 0. The number of hydrogen-bond donors (Lipinski definition) is 1. The van der Waals surface area contributed by atoms with Gasteiger partial charge in [-0.1, -0.05) is 0 Å². The summed E-state index contributed by atoms with van der Waals surface area (Å²) < 4.78 is 9.91. The van der Waals surface area contributed by atoms with E-state index in [4.69, 9.17) is 9.84 Å². The van der Waals surface area contributed by atoms with E-state index in [1.54, 1.807) is 12.1 Å². The minimum atomic E-state index is -0.956. The second-order valence-corrected chi connectivity index (χ2v) is 3.35. The Labute approximate surface area is 99.0 Å². The normalized spacial score (nSPS) is 9.65. The van der Waals surface area contributed by atoms with Gasteiger partial charge in [0.15, 0.2) is 0 Å². The molecule has 1 aromatic carbocycles. The third-order valence-electron chi connectivity index (χ3n) is 2.09. The first-order valence-corrected chi connectivity index (χ1v) is 5.25. The van der Waals surface area contributed by atoms with E-state index < -0.39 is 5.97 Å². The van der Waals surface area contributed by atoms with Gasteiger partial charge in [-0.05, 0) is 37.1 Å². The Hall–Kier alpha value is -2.04. The highest BCUT2D eigenvalue weighted by atomic mass is 16.5. The van der Waals surface area contributed by atoms with E-state index in [-0.39, 0.29) is 5.56 Å². The molecule has 0 amide bonds. The fraction of sp³-hybridized carbons (Fsp3) is 0.333. The predicted molar refractivity (Wildman–Crippen MR) is 60.1 cm³/mol. The summed E-state index contributed by atoms with van der Waals surface area (Å²) in [6.07, 6.45) is 1.51. The monoisotopic (exact) mass is 238 g/mol. The second-order valence-electron chi connectivity index (χ2n) is 3.35. The van der Waals surface area contributed by atoms with Gasteiger partial charge < -0.3 is 14.6 Å². The second kappa shape index (κ2) is 7.27. The fourth-order valence-corrected chi connectivity index (χ4v) is 1.22. The van der Waals surface area contributed by atoms with Crippen LogP contribution < -0.4 is 4.74 Å². The molecule has 0 fully saturated rings. The zero-order valence-corrected chi connectivity index (χ0v) is 9.30. The van der Waals surface area contributed by atoms with Crippen molar-refractivity contribution in [3.8, 4) is 5.75 Å². The lowest BCUT2D eigenvalue weighted by Crippen LogP contribution is -2.01. The molecule has 0 unspecified atom stereocenters. The topological polar surface area (TPSA) is 72.8 Å². The lowest BCUT2D eigenvalue weighted by Gasteiger charge is -2.05. The number of aromatic carboxylic acids is 1. The number of ether oxygens (including phenoxy) is 2. The molecule has 5 nitrogen and oxygen atoms in total. The molecule has 0 saturated heterocycles. The van der Waals surface area contributed by atoms with Gasteiger partial charge in [-0.25, -0.2) is 4.79 Å². The molecule has 0 aromatic heterocycles. The minimum Gasteiger partial charge on any atom is -0.494 e. The Balaban J connectivity index is 2.23. The third-order valence-corrected chi connectivity index (χ3v) is 2.09. The summed E-state index contributed by atoms with van der Waals surface area (Å²) in [6.45, 7) is 1.32. The molecule has 1 N–H and O–H groups in total. The summed E-state index contributed by atoms with van der Waals surface area (Å²) in [5.41, 5.74) is 0.233. The quantitative estimate of drug-likeness (QED) is 0.551. The van der Waals surface area contributed by atoms with E-state index in [9.17, 15) is 9.59 Å². The molecular formula is C12H14O5. The average Bonchev–Trinajstić information content (AvgIpc) is 2.34. The standard InChI is InChI=1S/C12H14O5/c13-9-16-7-1-2-8-17-11-5-3-10(4-6-11)12(14)15/h3-6,9H,1-2,7-8H2,(H,14,15). The van der Waals surface area contributed by atoms with Crippen LogP contribution in [-0.4, -0.2) is 30.8 Å². The van der Waals surface area contributed by atoms with Gasteiger partial charge in [-0.3, -0.25) is 4.79 Å². The number of unbranched alkanes of at least 4 members (excludes halogenated alkanes) is 1. The van der Waals surface area contributed by atoms with Crippen LogP contribution in [0.1, 0.15) is 23.2 Å². The highest BCUT2D eigenvalue weighted by Crippen LogP contribution is 2.12. The van der Waals surface area contributed by atoms with E-state index >= 15 is 0 Å². The van der Waals surface area contributed by atoms with Crippen molar-refractivity contribution in [3.05, 3.63) is 29.8 Å². The summed E-state index contributed by atoms with van der Waals surface area (Å²) in [6, 6.07) is 6.22. The fourth-order valence-electron chi connectivity index (χ4n) is 1.22. The largest absolute Gasteiger partial charge is 0.494 e. The van der Waals surface area contributed by atoms with Gasteiger partial charge in [-0.15, -0.1) is 0 Å². The summed E-state index contributed by atoms with van der Waals surface area (Å²) in [5, 5.41) is 8.69. The first-order valence-electron chi connectivity index (χ1n) is 5.25. The average molecular weight is 238 g/mol. The SMILES string of the molecule is O=COCCCCOc1ccc(C(=O)O)cc1. The van der Waals surface area contributed by atoms with Crippen LogP contribution in [0.15, 0.2) is 24.3 Å². The zero-order chi connectivity index (χ0) is 12.5. The van der Waals surface area contributed by atoms with E-state index in [0.29, 0.717) is 25.4 Å². The van der Waals surface area contributed by atoms with Gasteiger partial charge in [-0.2, -0.15) is 0 Å². The van der Waals surface area contributed by atoms with Crippen LogP contribution in [-0.2, 0) is 9.53 Å². The predicted octanol–water partition coefficient (Wildman–Crippen LogP) is 1.72. The number of carboxylic acids is 1. The van der Waals surface area contributed by atoms with Crippen molar-refractivity contribution >= 4 is 12.4 Å². The Morgan fingerprint density at radius 3 is 2.41 bits per heavy atom. The van der Waals surface area contributed by atoms with Crippen molar-refractivity contribution in [1.29, 1.82) is 0 Å². The Kier molecular flexibility index (Phi) is 5.57. The molecule has 5 heteroatoms. The van der Waals surface area contributed by atoms with Gasteiger partial charge in [0.2, 0.25) is 0 Å². The van der Waals surface area contributed by atoms with Crippen molar-refractivity contribution in [2.45, 2.75) is 12.8 Å². The maximum absolute atomic E-state index is 10.6. The smallest absolute Gasteiger partial charge is 0.335 e. The molecule has 1 rings (SSSR count). The van der Waals surface area contributed by atoms with Crippen LogP contribution in [0.25, 0.3) is 0 Å². The van der Waals surface area contributed by atoms with Crippen molar-refractivity contribution in [1.82, 2.24) is 0 Å². The molecule has 0 atom stereocenters. The number of carbonyl (C=O) groups is 2. The lowest BCUT2D eigenvalue weighted by atomic mass is 10.2. The van der Waals surface area contributed by atoms with Gasteiger partial charge in [0.1, 0.15) is 5.75 Å². The molecule has 0 bridgehead atoms. The van der Waals surface area contributed by atoms with Crippen LogP contribution >= 0.6 is 0 Å². The molecular weight excluding hydrogens is 224 g/mol. The molecule has 0 spiro atoms. The number of rotatable bonds is 8. The number of hydrogen-bond acceptors (Lipinski definition) is 4. The Morgan fingerprint density at radius 1 is 1.18 bits per heavy atom. The van der Waals surface area contributed by atoms with E-state index in [1.165, 1.54) is 12.1 Å². The molecule has 17 heavy (non-hydrogen) atoms. The van der Waals surface area contributed by atoms with Crippen LogP contribution in [0.4, 0.5) is 0 Å². The first kappa shape index (κ1) is 13.0. The highest BCUT2D eigenvalue weighted by molar-refractivity contribution is 5.87. The molecule has 0 aliphatic rings. The van der Waals surface area contributed by atoms with Crippen LogP contribution in [0.2, 0.25) is 0 Å². The third kappa shape index (κ3) is 5.01. The van der Waals surface area contributed by atoms with Gasteiger partial charge in [0.05, 0.1) is 18.8 Å². The zero-order valence-electron chi connectivity index (χ0n) is 9.30. The number of carboxylic acid groups (broad SMARTS) is 1. The van der Waals surface area contributed by atoms with E-state index in [1.807, 2.05) is 0 Å². The Bertz CT molecular complexity index is 358. The van der Waals surface area contributed by atoms with Crippen LogP contribution in [0.3, 0.4) is 0 Å². The summed E-state index contributed by atoms with van der Waals surface area (Å²) >= 11 is 0. The van der Waals surface area contributed by atoms with Crippen LogP contribution in [0.5, 0.6) is 5.75 Å². The van der Waals surface area contributed by atoms with Gasteiger partial charge in [0.25, 0.3) is 6.47 Å². The molecule has 0 aliphatic carbocycles. The van der Waals surface area contributed by atoms with E-state index in [0.717, 1.165) is 12.8 Å². The van der Waals surface area contributed by atoms with Crippen molar-refractivity contribution in [2.24, 2.45) is 0 Å². The number of carbonyl (C=O) groups excluding carboxylic acids is 1. The minimum absolute atomic E-state index is 0.233. The lowest BCUT2D eigenvalue weighted by molar-refractivity contribution is -0.128. The highest BCUT2D eigenvalue weighted by Gasteiger charge is 2.01. The molecule has 0 radical (unpaired) electrons. The Morgan fingerprint density at radius 2 is 1.82 bits per heavy atom. The molecule has 0 aliphatic heterocycles. The maximum atomic E-state index is 10.6. The molecule has 92 valence electrons.